The first-order valence-electron chi connectivity index (χ1n) is 8.86. The molecule has 134 valence electrons. The Labute approximate surface area is 149 Å². The van der Waals surface area contributed by atoms with Crippen LogP contribution >= 0.6 is 0 Å². The molecule has 1 aromatic heterocycles. The van der Waals surface area contributed by atoms with Gasteiger partial charge in [-0.15, -0.1) is 0 Å². The minimum atomic E-state index is 0.0124. The number of nitrogens with zero attached hydrogens (tertiary/aromatic N) is 3. The van der Waals surface area contributed by atoms with Gasteiger partial charge in [-0.25, -0.2) is 4.98 Å². The van der Waals surface area contributed by atoms with Gasteiger partial charge in [0, 0.05) is 44.8 Å². The van der Waals surface area contributed by atoms with Crippen LogP contribution in [0.3, 0.4) is 0 Å². The first-order valence-corrected chi connectivity index (χ1v) is 8.86. The van der Waals surface area contributed by atoms with Crippen LogP contribution in [0, 0.1) is 0 Å². The lowest BCUT2D eigenvalue weighted by atomic mass is 10.0. The molecule has 1 unspecified atom stereocenters. The van der Waals surface area contributed by atoms with Crippen molar-refractivity contribution in [3.63, 3.8) is 0 Å². The third-order valence-corrected chi connectivity index (χ3v) is 4.72. The fourth-order valence-electron chi connectivity index (χ4n) is 3.22. The average molecular weight is 341 g/mol. The van der Waals surface area contributed by atoms with E-state index in [0.717, 1.165) is 31.1 Å². The second-order valence-electron chi connectivity index (χ2n) is 6.91. The second-order valence-corrected chi connectivity index (χ2v) is 6.91. The Hall–Kier alpha value is -2.18. The molecular formula is C19H27N5O. The van der Waals surface area contributed by atoms with Gasteiger partial charge in [0.15, 0.2) is 0 Å². The quantitative estimate of drug-likeness (QED) is 0.875. The van der Waals surface area contributed by atoms with Crippen molar-refractivity contribution in [2.45, 2.75) is 25.8 Å². The molecule has 1 aliphatic rings. The number of carbonyl (C=O) groups excluding carboxylic acids is 1. The first kappa shape index (κ1) is 17.6. The van der Waals surface area contributed by atoms with Gasteiger partial charge < -0.3 is 15.2 Å². The zero-order chi connectivity index (χ0) is 17.8. The number of benzene rings is 1. The van der Waals surface area contributed by atoms with Gasteiger partial charge in [-0.1, -0.05) is 26.0 Å². The van der Waals surface area contributed by atoms with Crippen molar-refractivity contribution >= 4 is 11.6 Å². The molecule has 25 heavy (non-hydrogen) atoms. The van der Waals surface area contributed by atoms with E-state index in [1.807, 2.05) is 29.9 Å². The molecule has 0 saturated carbocycles. The smallest absolute Gasteiger partial charge is 0.238 e. The normalized spacial score (nSPS) is 18.5. The molecule has 1 saturated heterocycles. The zero-order valence-electron chi connectivity index (χ0n) is 15.2. The van der Waals surface area contributed by atoms with Crippen molar-refractivity contribution in [3.05, 3.63) is 48.0 Å². The fourth-order valence-corrected chi connectivity index (χ4v) is 3.22. The number of anilines is 1. The number of carbonyl (C=O) groups is 1. The summed E-state index contributed by atoms with van der Waals surface area (Å²) < 4.78 is 2.02. The molecule has 1 fully saturated rings. The summed E-state index contributed by atoms with van der Waals surface area (Å²) in [5.74, 6) is 1.49. The van der Waals surface area contributed by atoms with E-state index in [-0.39, 0.29) is 11.9 Å². The summed E-state index contributed by atoms with van der Waals surface area (Å²) in [5.41, 5.74) is 2.12. The Kier molecular flexibility index (Phi) is 5.50. The van der Waals surface area contributed by atoms with Crippen molar-refractivity contribution < 1.29 is 4.79 Å². The number of hydrogen-bond donors (Lipinski definition) is 2. The summed E-state index contributed by atoms with van der Waals surface area (Å²) in [5, 5.41) is 6.40. The molecule has 6 heteroatoms. The highest BCUT2D eigenvalue weighted by Crippen LogP contribution is 2.21. The molecule has 2 N–H and O–H groups in total. The molecular weight excluding hydrogens is 314 g/mol. The van der Waals surface area contributed by atoms with Crippen LogP contribution in [0.2, 0.25) is 0 Å². The molecule has 3 rings (SSSR count). The molecule has 6 nitrogen and oxygen atoms in total. The van der Waals surface area contributed by atoms with E-state index in [1.54, 1.807) is 6.20 Å². The predicted molar refractivity (Wildman–Crippen MR) is 99.6 cm³/mol. The third-order valence-electron chi connectivity index (χ3n) is 4.72. The lowest BCUT2D eigenvalue weighted by Crippen LogP contribution is -2.49. The van der Waals surface area contributed by atoms with Crippen molar-refractivity contribution in [3.8, 4) is 0 Å². The van der Waals surface area contributed by atoms with E-state index in [4.69, 9.17) is 0 Å². The largest absolute Gasteiger partial charge is 0.337 e. The highest BCUT2D eigenvalue weighted by atomic mass is 16.2. The SMILES string of the molecule is CC(C)c1ccc(NC(=O)CN2CCNCC2c2nccn2C)cc1. The fraction of sp³-hybridized carbons (Fsp3) is 0.474. The highest BCUT2D eigenvalue weighted by molar-refractivity contribution is 5.92. The number of nitrogens with one attached hydrogen (secondary N) is 2. The molecule has 0 aliphatic carbocycles. The lowest BCUT2D eigenvalue weighted by molar-refractivity contribution is -0.118. The number of imidazole rings is 1. The second kappa shape index (κ2) is 7.80. The number of aromatic nitrogens is 2. The summed E-state index contributed by atoms with van der Waals surface area (Å²) in [7, 11) is 1.99. The maximum Gasteiger partial charge on any atom is 0.238 e. The van der Waals surface area contributed by atoms with Crippen LogP contribution in [-0.4, -0.2) is 46.5 Å². The zero-order valence-corrected chi connectivity index (χ0v) is 15.2. The Morgan fingerprint density at radius 1 is 1.36 bits per heavy atom. The molecule has 1 atom stereocenters. The molecule has 1 aliphatic heterocycles. The van der Waals surface area contributed by atoms with Crippen LogP contribution in [0.15, 0.2) is 36.7 Å². The molecule has 0 spiro atoms. The Morgan fingerprint density at radius 2 is 2.12 bits per heavy atom. The molecule has 2 aromatic rings. The van der Waals surface area contributed by atoms with Gasteiger partial charge in [-0.3, -0.25) is 9.69 Å². The van der Waals surface area contributed by atoms with Crippen LogP contribution in [-0.2, 0) is 11.8 Å². The Morgan fingerprint density at radius 3 is 2.76 bits per heavy atom. The van der Waals surface area contributed by atoms with E-state index in [0.29, 0.717) is 12.5 Å². The minimum absolute atomic E-state index is 0.0124. The van der Waals surface area contributed by atoms with Crippen molar-refractivity contribution in [2.75, 3.05) is 31.5 Å². The standard InChI is InChI=1S/C19H27N5O/c1-14(2)15-4-6-16(7-5-15)22-18(25)13-24-11-8-20-12-17(24)19-21-9-10-23(19)3/h4-7,9-10,14,17,20H,8,11-13H2,1-3H3,(H,22,25). The summed E-state index contributed by atoms with van der Waals surface area (Å²) in [4.78, 5) is 19.1. The molecule has 0 bridgehead atoms. The van der Waals surface area contributed by atoms with Gasteiger partial charge in [0.05, 0.1) is 12.6 Å². The minimum Gasteiger partial charge on any atom is -0.337 e. The van der Waals surface area contributed by atoms with E-state index < -0.39 is 0 Å². The monoisotopic (exact) mass is 341 g/mol. The number of hydrogen-bond acceptors (Lipinski definition) is 4. The highest BCUT2D eigenvalue weighted by Gasteiger charge is 2.28. The number of aryl methyl sites for hydroxylation is 1. The third kappa shape index (κ3) is 4.27. The Balaban J connectivity index is 1.63. The number of amides is 1. The van der Waals surface area contributed by atoms with E-state index in [9.17, 15) is 4.79 Å². The van der Waals surface area contributed by atoms with Gasteiger partial charge in [-0.2, -0.15) is 0 Å². The predicted octanol–water partition coefficient (Wildman–Crippen LogP) is 2.13. The summed E-state index contributed by atoms with van der Waals surface area (Å²) in [6.45, 7) is 7.21. The van der Waals surface area contributed by atoms with Gasteiger partial charge in [0.1, 0.15) is 5.82 Å². The molecule has 1 aromatic carbocycles. The molecule has 0 radical (unpaired) electrons. The van der Waals surface area contributed by atoms with Crippen molar-refractivity contribution in [1.82, 2.24) is 19.8 Å². The van der Waals surface area contributed by atoms with E-state index >= 15 is 0 Å². The average Bonchev–Trinajstić information content (AvgIpc) is 3.01. The van der Waals surface area contributed by atoms with Gasteiger partial charge >= 0.3 is 0 Å². The van der Waals surface area contributed by atoms with E-state index in [1.165, 1.54) is 5.56 Å². The lowest BCUT2D eigenvalue weighted by Gasteiger charge is -2.35. The van der Waals surface area contributed by atoms with Crippen LogP contribution in [0.5, 0.6) is 0 Å². The van der Waals surface area contributed by atoms with Gasteiger partial charge in [0.2, 0.25) is 5.91 Å². The topological polar surface area (TPSA) is 62.2 Å². The van der Waals surface area contributed by atoms with Crippen LogP contribution < -0.4 is 10.6 Å². The number of piperazine rings is 1. The number of rotatable bonds is 5. The van der Waals surface area contributed by atoms with Gasteiger partial charge in [0.25, 0.3) is 0 Å². The van der Waals surface area contributed by atoms with Crippen LogP contribution in [0.1, 0.15) is 37.2 Å². The maximum atomic E-state index is 12.5. The molecule has 2 heterocycles. The van der Waals surface area contributed by atoms with Crippen LogP contribution in [0.25, 0.3) is 0 Å². The summed E-state index contributed by atoms with van der Waals surface area (Å²) in [6.07, 6.45) is 3.75. The van der Waals surface area contributed by atoms with Crippen molar-refractivity contribution in [2.24, 2.45) is 7.05 Å². The summed E-state index contributed by atoms with van der Waals surface area (Å²) in [6, 6.07) is 8.20. The first-order chi connectivity index (χ1) is 12.0. The van der Waals surface area contributed by atoms with Gasteiger partial charge in [-0.05, 0) is 23.6 Å². The molecule has 1 amide bonds. The summed E-state index contributed by atoms with van der Waals surface area (Å²) >= 11 is 0. The van der Waals surface area contributed by atoms with Crippen LogP contribution in [0.4, 0.5) is 5.69 Å². The van der Waals surface area contributed by atoms with Crippen molar-refractivity contribution in [1.29, 1.82) is 0 Å². The Bertz CT molecular complexity index is 707. The van der Waals surface area contributed by atoms with E-state index in [2.05, 4.69) is 46.5 Å². The maximum absolute atomic E-state index is 12.5.